The van der Waals surface area contributed by atoms with Crippen LogP contribution in [-0.4, -0.2) is 64.8 Å². The standard InChI is InChI=1S/C10H16IN3O3/c1-6-5-13(3-4-14(6)11)10(16)8-7(17-8)9(15)12-2/h6-8H,3-5H2,1-2H3,(H,12,15)/t6-,7?,8?/m0/s1. The molecular weight excluding hydrogens is 337 g/mol. The molecule has 0 aromatic rings. The predicted molar refractivity (Wildman–Crippen MR) is 69.5 cm³/mol. The molecule has 2 unspecified atom stereocenters. The zero-order chi connectivity index (χ0) is 12.6. The molecule has 0 bridgehead atoms. The zero-order valence-electron chi connectivity index (χ0n) is 9.85. The summed E-state index contributed by atoms with van der Waals surface area (Å²) in [6, 6.07) is 0.338. The first-order valence-corrected chi connectivity index (χ1v) is 6.59. The van der Waals surface area contributed by atoms with E-state index in [0.29, 0.717) is 19.1 Å². The van der Waals surface area contributed by atoms with Gasteiger partial charge in [-0.3, -0.25) is 9.59 Å². The van der Waals surface area contributed by atoms with E-state index in [-0.39, 0.29) is 11.8 Å². The minimum atomic E-state index is -0.583. The molecule has 7 heteroatoms. The number of epoxide rings is 1. The highest BCUT2D eigenvalue weighted by Gasteiger charge is 2.51. The van der Waals surface area contributed by atoms with Crippen LogP contribution in [0.1, 0.15) is 6.92 Å². The number of rotatable bonds is 2. The molecule has 96 valence electrons. The maximum Gasteiger partial charge on any atom is 0.255 e. The summed E-state index contributed by atoms with van der Waals surface area (Å²) >= 11 is 2.27. The van der Waals surface area contributed by atoms with Crippen molar-refractivity contribution in [3.63, 3.8) is 0 Å². The quantitative estimate of drug-likeness (QED) is 0.409. The first kappa shape index (κ1) is 13.0. The number of piperazine rings is 1. The van der Waals surface area contributed by atoms with E-state index < -0.39 is 12.2 Å². The Balaban J connectivity index is 1.88. The van der Waals surface area contributed by atoms with Crippen LogP contribution < -0.4 is 5.32 Å². The first-order valence-electron chi connectivity index (χ1n) is 5.63. The Morgan fingerprint density at radius 1 is 1.35 bits per heavy atom. The monoisotopic (exact) mass is 353 g/mol. The Hall–Kier alpha value is -0.410. The number of amides is 2. The Kier molecular flexibility index (Phi) is 3.88. The molecule has 2 amide bonds. The molecule has 2 aliphatic heterocycles. The van der Waals surface area contributed by atoms with Crippen molar-refractivity contribution in [1.82, 2.24) is 13.3 Å². The van der Waals surface area contributed by atoms with Crippen LogP contribution in [0.5, 0.6) is 0 Å². The number of likely N-dealkylation sites (N-methyl/N-ethyl adjacent to an activating group) is 1. The number of hydrogen-bond acceptors (Lipinski definition) is 4. The second-order valence-corrected chi connectivity index (χ2v) is 5.59. The maximum absolute atomic E-state index is 12.0. The topological polar surface area (TPSA) is 65.2 Å². The lowest BCUT2D eigenvalue weighted by molar-refractivity contribution is -0.134. The second kappa shape index (κ2) is 5.07. The third-order valence-corrected chi connectivity index (χ3v) is 4.53. The fourth-order valence-electron chi connectivity index (χ4n) is 1.96. The molecule has 2 heterocycles. The second-order valence-electron chi connectivity index (χ2n) is 4.35. The van der Waals surface area contributed by atoms with E-state index in [2.05, 4.69) is 38.2 Å². The zero-order valence-corrected chi connectivity index (χ0v) is 12.0. The fraction of sp³-hybridized carbons (Fsp3) is 0.800. The third-order valence-electron chi connectivity index (χ3n) is 3.10. The van der Waals surface area contributed by atoms with Crippen LogP contribution in [0.3, 0.4) is 0 Å². The lowest BCUT2D eigenvalue weighted by Crippen LogP contribution is -2.51. The summed E-state index contributed by atoms with van der Waals surface area (Å²) in [5, 5.41) is 2.49. The molecule has 0 aliphatic carbocycles. The van der Waals surface area contributed by atoms with E-state index in [1.54, 1.807) is 11.9 Å². The molecule has 0 spiro atoms. The molecule has 0 saturated carbocycles. The van der Waals surface area contributed by atoms with Gasteiger partial charge in [-0.25, -0.2) is 3.11 Å². The average molecular weight is 353 g/mol. The van der Waals surface area contributed by atoms with Gasteiger partial charge in [0, 0.05) is 55.6 Å². The van der Waals surface area contributed by atoms with Crippen LogP contribution in [0.25, 0.3) is 0 Å². The van der Waals surface area contributed by atoms with Gasteiger partial charge in [-0.05, 0) is 6.92 Å². The Morgan fingerprint density at radius 2 is 2.06 bits per heavy atom. The van der Waals surface area contributed by atoms with Gasteiger partial charge in [-0.2, -0.15) is 0 Å². The van der Waals surface area contributed by atoms with Crippen LogP contribution in [0.2, 0.25) is 0 Å². The first-order chi connectivity index (χ1) is 8.04. The van der Waals surface area contributed by atoms with Crippen LogP contribution in [-0.2, 0) is 14.3 Å². The van der Waals surface area contributed by atoms with E-state index in [0.717, 1.165) is 6.54 Å². The molecule has 1 N–H and O–H groups in total. The van der Waals surface area contributed by atoms with Gasteiger partial charge in [0.1, 0.15) is 0 Å². The highest BCUT2D eigenvalue weighted by molar-refractivity contribution is 14.1. The predicted octanol–water partition coefficient (Wildman–Crippen LogP) is -0.617. The maximum atomic E-state index is 12.0. The lowest BCUT2D eigenvalue weighted by Gasteiger charge is -2.36. The van der Waals surface area contributed by atoms with Gasteiger partial charge < -0.3 is 15.0 Å². The third kappa shape index (κ3) is 2.71. The Bertz CT molecular complexity index is 339. The van der Waals surface area contributed by atoms with Crippen molar-refractivity contribution in [3.05, 3.63) is 0 Å². The Labute approximate surface area is 114 Å². The van der Waals surface area contributed by atoms with E-state index in [1.165, 1.54) is 0 Å². The molecule has 2 saturated heterocycles. The van der Waals surface area contributed by atoms with Gasteiger partial charge in [-0.1, -0.05) is 0 Å². The summed E-state index contributed by atoms with van der Waals surface area (Å²) in [5.41, 5.74) is 0. The van der Waals surface area contributed by atoms with Crippen LogP contribution in [0, 0.1) is 0 Å². The van der Waals surface area contributed by atoms with Crippen molar-refractivity contribution < 1.29 is 14.3 Å². The average Bonchev–Trinajstić information content (AvgIpc) is 3.11. The van der Waals surface area contributed by atoms with Crippen LogP contribution in [0.4, 0.5) is 0 Å². The van der Waals surface area contributed by atoms with Crippen molar-refractivity contribution in [2.45, 2.75) is 25.2 Å². The number of carbonyl (C=O) groups is 2. The van der Waals surface area contributed by atoms with Crippen LogP contribution in [0.15, 0.2) is 0 Å². The highest BCUT2D eigenvalue weighted by atomic mass is 127. The SMILES string of the molecule is CNC(=O)C1OC1C(=O)N1CCN(I)[C@@H](C)C1. The largest absolute Gasteiger partial charge is 0.357 e. The van der Waals surface area contributed by atoms with Gasteiger partial charge in [0.2, 0.25) is 0 Å². The minimum Gasteiger partial charge on any atom is -0.357 e. The van der Waals surface area contributed by atoms with Gasteiger partial charge in [0.05, 0.1) is 0 Å². The smallest absolute Gasteiger partial charge is 0.255 e. The number of carbonyl (C=O) groups excluding carboxylic acids is 2. The molecule has 0 aromatic carbocycles. The van der Waals surface area contributed by atoms with Crippen molar-refractivity contribution in [2.24, 2.45) is 0 Å². The van der Waals surface area contributed by atoms with E-state index in [9.17, 15) is 9.59 Å². The molecule has 0 radical (unpaired) electrons. The lowest BCUT2D eigenvalue weighted by atomic mass is 10.2. The van der Waals surface area contributed by atoms with E-state index in [1.807, 2.05) is 0 Å². The van der Waals surface area contributed by atoms with Gasteiger partial charge >= 0.3 is 0 Å². The minimum absolute atomic E-state index is 0.0602. The number of hydrogen-bond donors (Lipinski definition) is 1. The molecule has 2 fully saturated rings. The number of nitrogens with zero attached hydrogens (tertiary/aromatic N) is 2. The fourth-order valence-corrected chi connectivity index (χ4v) is 2.35. The summed E-state index contributed by atoms with van der Waals surface area (Å²) in [6.45, 7) is 4.33. The molecule has 3 atom stereocenters. The summed E-state index contributed by atoms with van der Waals surface area (Å²) in [7, 11) is 1.54. The van der Waals surface area contributed by atoms with Crippen LogP contribution >= 0.6 is 22.9 Å². The summed E-state index contributed by atoms with van der Waals surface area (Å²) in [4.78, 5) is 25.1. The number of ether oxygens (including phenoxy) is 1. The summed E-state index contributed by atoms with van der Waals surface area (Å²) < 4.78 is 7.31. The van der Waals surface area contributed by atoms with Gasteiger partial charge in [-0.15, -0.1) is 0 Å². The highest BCUT2D eigenvalue weighted by Crippen LogP contribution is 2.26. The van der Waals surface area contributed by atoms with Gasteiger partial charge in [0.25, 0.3) is 11.8 Å². The normalized spacial score (nSPS) is 33.4. The molecule has 2 rings (SSSR count). The Morgan fingerprint density at radius 3 is 2.65 bits per heavy atom. The molecule has 0 aromatic heterocycles. The molecule has 6 nitrogen and oxygen atoms in total. The number of nitrogens with one attached hydrogen (secondary N) is 1. The summed E-state index contributed by atoms with van der Waals surface area (Å²) in [5.74, 6) is -0.279. The molecule has 2 aliphatic rings. The van der Waals surface area contributed by atoms with E-state index >= 15 is 0 Å². The summed E-state index contributed by atoms with van der Waals surface area (Å²) in [6.07, 6.45) is -1.15. The van der Waals surface area contributed by atoms with Gasteiger partial charge in [0.15, 0.2) is 12.2 Å². The van der Waals surface area contributed by atoms with E-state index in [4.69, 9.17) is 4.74 Å². The van der Waals surface area contributed by atoms with Crippen molar-refractivity contribution in [3.8, 4) is 0 Å². The van der Waals surface area contributed by atoms with Crippen molar-refractivity contribution in [1.29, 1.82) is 0 Å². The molecular formula is C10H16IN3O3. The number of halogens is 1. The van der Waals surface area contributed by atoms with Crippen molar-refractivity contribution >= 4 is 34.7 Å². The van der Waals surface area contributed by atoms with Crippen molar-refractivity contribution in [2.75, 3.05) is 26.7 Å². The molecule has 17 heavy (non-hydrogen) atoms.